The molecule has 0 atom stereocenters. The molecule has 6 nitrogen and oxygen atoms in total. The van der Waals surface area contributed by atoms with E-state index >= 15 is 0 Å². The summed E-state index contributed by atoms with van der Waals surface area (Å²) in [6.45, 7) is 0.430. The number of esters is 1. The second kappa shape index (κ2) is 5.30. The lowest BCUT2D eigenvalue weighted by atomic mass is 10.0. The van der Waals surface area contributed by atoms with Crippen molar-refractivity contribution in [2.24, 2.45) is 5.73 Å². The second-order valence-electron chi connectivity index (χ2n) is 4.61. The molecule has 0 saturated heterocycles. The van der Waals surface area contributed by atoms with Crippen LogP contribution < -0.4 is 10.5 Å². The van der Waals surface area contributed by atoms with Crippen LogP contribution in [0.3, 0.4) is 0 Å². The minimum Gasteiger partial charge on any atom is -0.475 e. The number of hydrogen-bond acceptors (Lipinski definition) is 6. The molecule has 1 fully saturated rings. The van der Waals surface area contributed by atoms with Crippen molar-refractivity contribution in [2.45, 2.75) is 31.2 Å². The first-order valence-electron chi connectivity index (χ1n) is 5.97. The molecule has 1 aliphatic rings. The third kappa shape index (κ3) is 2.95. The fourth-order valence-corrected chi connectivity index (χ4v) is 2.05. The van der Waals surface area contributed by atoms with E-state index in [4.69, 9.17) is 10.5 Å². The Bertz CT molecular complexity index is 413. The van der Waals surface area contributed by atoms with E-state index in [-0.39, 0.29) is 11.2 Å². The quantitative estimate of drug-likeness (QED) is 0.800. The summed E-state index contributed by atoms with van der Waals surface area (Å²) in [6.07, 6.45) is 4.24. The van der Waals surface area contributed by atoms with Crippen molar-refractivity contribution in [1.29, 1.82) is 0 Å². The lowest BCUT2D eigenvalue weighted by Crippen LogP contribution is -2.42. The molecule has 1 aromatic heterocycles. The molecule has 0 spiro atoms. The number of hydrogen-bond donors (Lipinski definition) is 1. The molecule has 0 amide bonds. The lowest BCUT2D eigenvalue weighted by Gasteiger charge is -2.22. The van der Waals surface area contributed by atoms with Gasteiger partial charge in [0, 0.05) is 6.07 Å². The van der Waals surface area contributed by atoms with Crippen LogP contribution in [0.4, 0.5) is 0 Å². The van der Waals surface area contributed by atoms with Gasteiger partial charge in [-0.2, -0.15) is 0 Å². The summed E-state index contributed by atoms with van der Waals surface area (Å²) in [4.78, 5) is 11.2. The topological polar surface area (TPSA) is 87.3 Å². The molecule has 18 heavy (non-hydrogen) atoms. The van der Waals surface area contributed by atoms with E-state index in [1.807, 2.05) is 0 Å². The molecule has 1 aromatic rings. The normalized spacial score (nSPS) is 17.4. The second-order valence-corrected chi connectivity index (χ2v) is 4.61. The fraction of sp³-hybridized carbons (Fsp3) is 0.583. The molecule has 1 saturated carbocycles. The van der Waals surface area contributed by atoms with Gasteiger partial charge in [0.25, 0.3) is 0 Å². The van der Waals surface area contributed by atoms with Gasteiger partial charge in [0.15, 0.2) is 5.69 Å². The molecule has 2 rings (SSSR count). The summed E-state index contributed by atoms with van der Waals surface area (Å²) in [6, 6.07) is 3.11. The van der Waals surface area contributed by atoms with Crippen LogP contribution in [0.15, 0.2) is 12.1 Å². The van der Waals surface area contributed by atoms with E-state index in [1.165, 1.54) is 13.2 Å². The maximum absolute atomic E-state index is 11.2. The summed E-state index contributed by atoms with van der Waals surface area (Å²) in [5, 5.41) is 7.54. The predicted octanol–water partition coefficient (Wildman–Crippen LogP) is 0.913. The molecular weight excluding hydrogens is 234 g/mol. The van der Waals surface area contributed by atoms with Gasteiger partial charge in [0.05, 0.1) is 12.6 Å². The highest BCUT2D eigenvalue weighted by Gasteiger charge is 2.30. The standard InChI is InChI=1S/C12H17N3O3/c1-17-11(16)9-4-5-10(15-14-9)18-8-12(13)6-2-3-7-12/h4-5H,2-3,6-8,13H2,1H3. The van der Waals surface area contributed by atoms with Crippen molar-refractivity contribution in [1.82, 2.24) is 10.2 Å². The van der Waals surface area contributed by atoms with E-state index in [0.717, 1.165) is 25.7 Å². The SMILES string of the molecule is COC(=O)c1ccc(OCC2(N)CCCC2)nn1. The van der Waals surface area contributed by atoms with Crippen LogP contribution >= 0.6 is 0 Å². The van der Waals surface area contributed by atoms with Gasteiger partial charge >= 0.3 is 5.97 Å². The van der Waals surface area contributed by atoms with Crippen molar-refractivity contribution in [3.8, 4) is 5.88 Å². The number of rotatable bonds is 4. The van der Waals surface area contributed by atoms with Crippen LogP contribution in [0, 0.1) is 0 Å². The minimum absolute atomic E-state index is 0.160. The van der Waals surface area contributed by atoms with Gasteiger partial charge in [-0.25, -0.2) is 4.79 Å². The van der Waals surface area contributed by atoms with Crippen molar-refractivity contribution < 1.29 is 14.3 Å². The molecular formula is C12H17N3O3. The summed E-state index contributed by atoms with van der Waals surface area (Å²) in [5.74, 6) is -0.139. The Balaban J connectivity index is 1.92. The zero-order valence-electron chi connectivity index (χ0n) is 10.4. The molecule has 0 aliphatic heterocycles. The zero-order chi connectivity index (χ0) is 13.0. The van der Waals surface area contributed by atoms with Crippen molar-refractivity contribution >= 4 is 5.97 Å². The molecule has 0 unspecified atom stereocenters. The molecule has 0 radical (unpaired) electrons. The van der Waals surface area contributed by atoms with Crippen LogP contribution in [0.5, 0.6) is 5.88 Å². The Hall–Kier alpha value is -1.69. The number of carbonyl (C=O) groups excluding carboxylic acids is 1. The Morgan fingerprint density at radius 2 is 2.11 bits per heavy atom. The maximum Gasteiger partial charge on any atom is 0.358 e. The molecule has 6 heteroatoms. The van der Waals surface area contributed by atoms with Gasteiger partial charge < -0.3 is 15.2 Å². The third-order valence-electron chi connectivity index (χ3n) is 3.14. The van der Waals surface area contributed by atoms with Crippen LogP contribution in [-0.4, -0.2) is 35.4 Å². The number of aromatic nitrogens is 2. The Morgan fingerprint density at radius 3 is 2.67 bits per heavy atom. The third-order valence-corrected chi connectivity index (χ3v) is 3.14. The minimum atomic E-state index is -0.514. The van der Waals surface area contributed by atoms with Crippen LogP contribution in [0.1, 0.15) is 36.2 Å². The van der Waals surface area contributed by atoms with Crippen LogP contribution in [-0.2, 0) is 4.74 Å². The average molecular weight is 251 g/mol. The molecule has 2 N–H and O–H groups in total. The highest BCUT2D eigenvalue weighted by Crippen LogP contribution is 2.27. The number of methoxy groups -OCH3 is 1. The van der Waals surface area contributed by atoms with Crippen LogP contribution in [0.25, 0.3) is 0 Å². The van der Waals surface area contributed by atoms with Gasteiger partial charge in [-0.05, 0) is 18.9 Å². The summed E-state index contributed by atoms with van der Waals surface area (Å²) in [5.41, 5.74) is 6.07. The first-order valence-corrected chi connectivity index (χ1v) is 5.97. The van der Waals surface area contributed by atoms with Crippen molar-refractivity contribution in [2.75, 3.05) is 13.7 Å². The Labute approximate surface area is 105 Å². The Morgan fingerprint density at radius 1 is 1.39 bits per heavy atom. The predicted molar refractivity (Wildman–Crippen MR) is 64.3 cm³/mol. The molecule has 1 heterocycles. The van der Waals surface area contributed by atoms with E-state index < -0.39 is 5.97 Å². The molecule has 0 aromatic carbocycles. The van der Waals surface area contributed by atoms with Gasteiger partial charge in [0.2, 0.25) is 5.88 Å². The highest BCUT2D eigenvalue weighted by atomic mass is 16.5. The number of nitrogens with zero attached hydrogens (tertiary/aromatic N) is 2. The summed E-state index contributed by atoms with van der Waals surface area (Å²) in [7, 11) is 1.30. The number of nitrogens with two attached hydrogens (primary N) is 1. The van der Waals surface area contributed by atoms with Gasteiger partial charge in [0.1, 0.15) is 6.61 Å². The highest BCUT2D eigenvalue weighted by molar-refractivity contribution is 5.86. The summed E-state index contributed by atoms with van der Waals surface area (Å²) < 4.78 is 10.0. The first-order chi connectivity index (χ1) is 8.63. The number of ether oxygens (including phenoxy) is 2. The van der Waals surface area contributed by atoms with Crippen molar-refractivity contribution in [3.05, 3.63) is 17.8 Å². The van der Waals surface area contributed by atoms with Crippen molar-refractivity contribution in [3.63, 3.8) is 0 Å². The molecule has 1 aliphatic carbocycles. The van der Waals surface area contributed by atoms with Gasteiger partial charge in [-0.15, -0.1) is 10.2 Å². The smallest absolute Gasteiger partial charge is 0.358 e. The number of carbonyl (C=O) groups is 1. The monoisotopic (exact) mass is 251 g/mol. The maximum atomic E-state index is 11.2. The summed E-state index contributed by atoms with van der Waals surface area (Å²) >= 11 is 0. The van der Waals surface area contributed by atoms with Gasteiger partial charge in [-0.3, -0.25) is 0 Å². The molecule has 98 valence electrons. The van der Waals surface area contributed by atoms with E-state index in [1.54, 1.807) is 6.07 Å². The van der Waals surface area contributed by atoms with E-state index in [9.17, 15) is 4.79 Å². The Kier molecular flexibility index (Phi) is 3.76. The zero-order valence-corrected chi connectivity index (χ0v) is 10.4. The van der Waals surface area contributed by atoms with Gasteiger partial charge in [-0.1, -0.05) is 12.8 Å². The fourth-order valence-electron chi connectivity index (χ4n) is 2.05. The largest absolute Gasteiger partial charge is 0.475 e. The van der Waals surface area contributed by atoms with E-state index in [2.05, 4.69) is 14.9 Å². The van der Waals surface area contributed by atoms with E-state index in [0.29, 0.717) is 12.5 Å². The first kappa shape index (κ1) is 12.8. The lowest BCUT2D eigenvalue weighted by molar-refractivity contribution is 0.0592. The average Bonchev–Trinajstić information content (AvgIpc) is 2.83. The van der Waals surface area contributed by atoms with Crippen LogP contribution in [0.2, 0.25) is 0 Å². The molecule has 0 bridgehead atoms.